The zero-order chi connectivity index (χ0) is 20.1. The average molecular weight is 389 g/mol. The van der Waals surface area contributed by atoms with Crippen LogP contribution in [-0.2, 0) is 11.3 Å². The Morgan fingerprint density at radius 1 is 1.03 bits per heavy atom. The molecule has 0 spiro atoms. The minimum atomic E-state index is -0.312. The van der Waals surface area contributed by atoms with Crippen molar-refractivity contribution in [3.63, 3.8) is 0 Å². The SMILES string of the molecule is O=C(Cn1cnc2c(cnn2-c2ccccc2)c1=O)NCCOc1ccccc1. The van der Waals surface area contributed by atoms with E-state index in [-0.39, 0.29) is 18.0 Å². The van der Waals surface area contributed by atoms with Gasteiger partial charge in [-0.15, -0.1) is 0 Å². The van der Waals surface area contributed by atoms with Crippen LogP contribution in [0.25, 0.3) is 16.7 Å². The van der Waals surface area contributed by atoms with Crippen molar-refractivity contribution in [2.24, 2.45) is 0 Å². The second-order valence-electron chi connectivity index (χ2n) is 6.32. The van der Waals surface area contributed by atoms with Gasteiger partial charge in [0.05, 0.1) is 18.4 Å². The Hall–Kier alpha value is -3.94. The molecule has 4 aromatic rings. The van der Waals surface area contributed by atoms with Crippen LogP contribution in [0.2, 0.25) is 0 Å². The third-order valence-electron chi connectivity index (χ3n) is 4.31. The van der Waals surface area contributed by atoms with Crippen molar-refractivity contribution in [2.45, 2.75) is 6.54 Å². The molecule has 8 heteroatoms. The summed E-state index contributed by atoms with van der Waals surface area (Å²) in [7, 11) is 0. The minimum absolute atomic E-state index is 0.121. The number of aromatic nitrogens is 4. The number of rotatable bonds is 7. The standard InChI is InChI=1S/C21H19N5O3/c27-19(22-11-12-29-17-9-5-2-6-10-17)14-25-15-23-20-18(21(25)28)13-24-26(20)16-7-3-1-4-8-16/h1-10,13,15H,11-12,14H2,(H,22,27). The number of carbonyl (C=O) groups is 1. The van der Waals surface area contributed by atoms with Crippen molar-refractivity contribution < 1.29 is 9.53 Å². The maximum Gasteiger partial charge on any atom is 0.264 e. The number of benzene rings is 2. The third-order valence-corrected chi connectivity index (χ3v) is 4.31. The maximum absolute atomic E-state index is 12.7. The van der Waals surface area contributed by atoms with E-state index in [0.717, 1.165) is 11.4 Å². The van der Waals surface area contributed by atoms with Gasteiger partial charge in [-0.2, -0.15) is 5.10 Å². The first-order valence-corrected chi connectivity index (χ1v) is 9.15. The van der Waals surface area contributed by atoms with E-state index >= 15 is 0 Å². The Kier molecular flexibility index (Phi) is 5.33. The van der Waals surface area contributed by atoms with Crippen LogP contribution in [-0.4, -0.2) is 38.4 Å². The number of ether oxygens (including phenoxy) is 1. The van der Waals surface area contributed by atoms with Gasteiger partial charge in [0.2, 0.25) is 5.91 Å². The van der Waals surface area contributed by atoms with Gasteiger partial charge < -0.3 is 10.1 Å². The molecule has 0 aliphatic rings. The molecule has 0 unspecified atom stereocenters. The molecule has 1 amide bonds. The fourth-order valence-electron chi connectivity index (χ4n) is 2.91. The molecule has 1 N–H and O–H groups in total. The molecule has 0 bridgehead atoms. The number of amides is 1. The Labute approximate surface area is 166 Å². The van der Waals surface area contributed by atoms with Crippen molar-refractivity contribution in [3.8, 4) is 11.4 Å². The third kappa shape index (κ3) is 4.16. The van der Waals surface area contributed by atoms with Crippen molar-refractivity contribution in [3.05, 3.63) is 83.5 Å². The number of hydrogen-bond donors (Lipinski definition) is 1. The van der Waals surface area contributed by atoms with E-state index in [9.17, 15) is 9.59 Å². The van der Waals surface area contributed by atoms with E-state index in [1.807, 2.05) is 60.7 Å². The summed E-state index contributed by atoms with van der Waals surface area (Å²) < 4.78 is 8.40. The molecule has 0 aliphatic carbocycles. The lowest BCUT2D eigenvalue weighted by atomic mass is 10.3. The topological polar surface area (TPSA) is 91.0 Å². The van der Waals surface area contributed by atoms with E-state index in [0.29, 0.717) is 24.2 Å². The average Bonchev–Trinajstić information content (AvgIpc) is 3.20. The van der Waals surface area contributed by atoms with Crippen LogP contribution in [0.15, 0.2) is 78.0 Å². The van der Waals surface area contributed by atoms with Crippen LogP contribution < -0.4 is 15.6 Å². The quantitative estimate of drug-likeness (QED) is 0.487. The van der Waals surface area contributed by atoms with Crippen molar-refractivity contribution >= 4 is 16.9 Å². The first-order chi connectivity index (χ1) is 14.2. The van der Waals surface area contributed by atoms with Gasteiger partial charge in [0.25, 0.3) is 5.56 Å². The van der Waals surface area contributed by atoms with E-state index in [1.165, 1.54) is 17.1 Å². The Morgan fingerprint density at radius 2 is 1.76 bits per heavy atom. The monoisotopic (exact) mass is 389 g/mol. The summed E-state index contributed by atoms with van der Waals surface area (Å²) in [5.74, 6) is 0.448. The summed E-state index contributed by atoms with van der Waals surface area (Å²) in [4.78, 5) is 29.2. The number of hydrogen-bond acceptors (Lipinski definition) is 5. The number of nitrogens with zero attached hydrogens (tertiary/aromatic N) is 4. The second-order valence-corrected chi connectivity index (χ2v) is 6.32. The predicted octanol–water partition coefficient (Wildman–Crippen LogP) is 1.78. The Morgan fingerprint density at radius 3 is 2.52 bits per heavy atom. The van der Waals surface area contributed by atoms with Gasteiger partial charge in [-0.1, -0.05) is 36.4 Å². The zero-order valence-corrected chi connectivity index (χ0v) is 15.6. The molecule has 2 heterocycles. The van der Waals surface area contributed by atoms with E-state index < -0.39 is 0 Å². The summed E-state index contributed by atoms with van der Waals surface area (Å²) in [5.41, 5.74) is 0.949. The highest BCUT2D eigenvalue weighted by atomic mass is 16.5. The van der Waals surface area contributed by atoms with E-state index in [2.05, 4.69) is 15.4 Å². The molecule has 146 valence electrons. The molecular weight excluding hydrogens is 370 g/mol. The smallest absolute Gasteiger partial charge is 0.264 e. The lowest BCUT2D eigenvalue weighted by Gasteiger charge is -2.09. The van der Waals surface area contributed by atoms with Crippen LogP contribution in [0, 0.1) is 0 Å². The van der Waals surface area contributed by atoms with Gasteiger partial charge in [-0.3, -0.25) is 14.2 Å². The summed E-state index contributed by atoms with van der Waals surface area (Å²) in [6.07, 6.45) is 2.84. The number of carbonyl (C=O) groups excluding carboxylic acids is 1. The molecular formula is C21H19N5O3. The summed E-state index contributed by atoms with van der Waals surface area (Å²) in [6, 6.07) is 18.8. The van der Waals surface area contributed by atoms with Crippen LogP contribution in [0.4, 0.5) is 0 Å². The molecule has 2 aromatic heterocycles. The first-order valence-electron chi connectivity index (χ1n) is 9.15. The Bertz CT molecular complexity index is 1170. The van der Waals surface area contributed by atoms with E-state index in [1.54, 1.807) is 4.68 Å². The van der Waals surface area contributed by atoms with Gasteiger partial charge in [-0.25, -0.2) is 9.67 Å². The molecule has 4 rings (SSSR count). The molecule has 0 fully saturated rings. The molecule has 0 atom stereocenters. The predicted molar refractivity (Wildman–Crippen MR) is 108 cm³/mol. The van der Waals surface area contributed by atoms with Crippen LogP contribution in [0.3, 0.4) is 0 Å². The summed E-state index contributed by atoms with van der Waals surface area (Å²) in [5, 5.41) is 7.35. The van der Waals surface area contributed by atoms with E-state index in [4.69, 9.17) is 4.74 Å². The lowest BCUT2D eigenvalue weighted by molar-refractivity contribution is -0.121. The highest BCUT2D eigenvalue weighted by molar-refractivity contribution is 5.77. The summed E-state index contributed by atoms with van der Waals surface area (Å²) in [6.45, 7) is 0.555. The molecule has 29 heavy (non-hydrogen) atoms. The highest BCUT2D eigenvalue weighted by Crippen LogP contribution is 2.12. The van der Waals surface area contributed by atoms with Crippen molar-refractivity contribution in [2.75, 3.05) is 13.2 Å². The lowest BCUT2D eigenvalue weighted by Crippen LogP contribution is -2.34. The minimum Gasteiger partial charge on any atom is -0.492 e. The van der Waals surface area contributed by atoms with Gasteiger partial charge in [0.1, 0.15) is 30.6 Å². The molecule has 0 saturated heterocycles. The summed E-state index contributed by atoms with van der Waals surface area (Å²) >= 11 is 0. The first kappa shape index (κ1) is 18.4. The number of nitrogens with one attached hydrogen (secondary N) is 1. The molecule has 8 nitrogen and oxygen atoms in total. The van der Waals surface area contributed by atoms with Crippen LogP contribution in [0.5, 0.6) is 5.75 Å². The molecule has 0 saturated carbocycles. The zero-order valence-electron chi connectivity index (χ0n) is 15.6. The number of para-hydroxylation sites is 2. The second kappa shape index (κ2) is 8.39. The fraction of sp³-hybridized carbons (Fsp3) is 0.143. The van der Waals surface area contributed by atoms with Gasteiger partial charge in [0.15, 0.2) is 5.65 Å². The van der Waals surface area contributed by atoms with Crippen LogP contribution >= 0.6 is 0 Å². The van der Waals surface area contributed by atoms with Gasteiger partial charge >= 0.3 is 0 Å². The highest BCUT2D eigenvalue weighted by Gasteiger charge is 2.13. The van der Waals surface area contributed by atoms with Gasteiger partial charge in [-0.05, 0) is 24.3 Å². The normalized spacial score (nSPS) is 10.8. The molecule has 0 radical (unpaired) electrons. The largest absolute Gasteiger partial charge is 0.492 e. The van der Waals surface area contributed by atoms with Crippen molar-refractivity contribution in [1.82, 2.24) is 24.6 Å². The van der Waals surface area contributed by atoms with Gasteiger partial charge in [0, 0.05) is 0 Å². The molecule has 2 aromatic carbocycles. The van der Waals surface area contributed by atoms with Crippen molar-refractivity contribution in [1.29, 1.82) is 0 Å². The maximum atomic E-state index is 12.7. The number of fused-ring (bicyclic) bond motifs is 1. The fourth-order valence-corrected chi connectivity index (χ4v) is 2.91. The van der Waals surface area contributed by atoms with Crippen LogP contribution in [0.1, 0.15) is 0 Å². The molecule has 0 aliphatic heterocycles. The Balaban J connectivity index is 1.40.